The van der Waals surface area contributed by atoms with Gasteiger partial charge < -0.3 is 0 Å². The summed E-state index contributed by atoms with van der Waals surface area (Å²) >= 11 is 5.85. The zero-order valence-electron chi connectivity index (χ0n) is 12.1. The molecule has 1 aromatic rings. The second-order valence-electron chi connectivity index (χ2n) is 6.50. The fourth-order valence-corrected chi connectivity index (χ4v) is 2.67. The molecular weight excluding hydrogens is 263 g/mol. The maximum absolute atomic E-state index is 13.3. The van der Waals surface area contributed by atoms with Crippen LogP contribution in [0.25, 0.3) is 0 Å². The van der Waals surface area contributed by atoms with Gasteiger partial charge in [0.25, 0.3) is 0 Å². The molecular formula is C16H22ClFO. The Hall–Kier alpha value is -0.890. The molecule has 0 aliphatic heterocycles. The van der Waals surface area contributed by atoms with Crippen LogP contribution in [0.15, 0.2) is 18.2 Å². The van der Waals surface area contributed by atoms with Crippen molar-refractivity contribution in [2.45, 2.75) is 47.0 Å². The summed E-state index contributed by atoms with van der Waals surface area (Å²) in [6.07, 6.45) is 1.73. The molecule has 0 aromatic heterocycles. The molecule has 3 heteroatoms. The molecule has 0 spiro atoms. The number of benzene rings is 1. The Balaban J connectivity index is 2.58. The summed E-state index contributed by atoms with van der Waals surface area (Å²) in [7, 11) is 0. The highest BCUT2D eigenvalue weighted by Crippen LogP contribution is 2.27. The van der Waals surface area contributed by atoms with Gasteiger partial charge in [0.15, 0.2) is 0 Å². The molecule has 0 saturated carbocycles. The highest BCUT2D eigenvalue weighted by Gasteiger charge is 2.18. The van der Waals surface area contributed by atoms with E-state index in [9.17, 15) is 9.18 Å². The predicted octanol–water partition coefficient (Wildman–Crippen LogP) is 5.05. The summed E-state index contributed by atoms with van der Waals surface area (Å²) in [6, 6.07) is 4.60. The smallest absolute Gasteiger partial charge is 0.142 e. The standard InChI is InChI=1S/C16H22ClFO/c1-11(10-16(2,3)4)8-13(19)9-12-6-5-7-14(18)15(12)17/h5-7,11H,8-10H2,1-4H3. The number of Topliss-reactive ketones (excluding diaryl/α,β-unsaturated/α-hetero) is 1. The van der Waals surface area contributed by atoms with E-state index in [4.69, 9.17) is 11.6 Å². The molecule has 0 N–H and O–H groups in total. The molecule has 1 unspecified atom stereocenters. The number of carbonyl (C=O) groups is 1. The minimum absolute atomic E-state index is 0.0688. The van der Waals surface area contributed by atoms with Crippen molar-refractivity contribution >= 4 is 17.4 Å². The first kappa shape index (κ1) is 16.2. The number of hydrogen-bond acceptors (Lipinski definition) is 1. The van der Waals surface area contributed by atoms with Gasteiger partial charge in [0.2, 0.25) is 0 Å². The Morgan fingerprint density at radius 1 is 1.37 bits per heavy atom. The van der Waals surface area contributed by atoms with Crippen LogP contribution in [-0.4, -0.2) is 5.78 Å². The van der Waals surface area contributed by atoms with Gasteiger partial charge in [0.05, 0.1) is 5.02 Å². The average molecular weight is 285 g/mol. The van der Waals surface area contributed by atoms with Gasteiger partial charge in [-0.25, -0.2) is 4.39 Å². The average Bonchev–Trinajstić information content (AvgIpc) is 2.21. The van der Waals surface area contributed by atoms with Crippen molar-refractivity contribution in [1.29, 1.82) is 0 Å². The van der Waals surface area contributed by atoms with Crippen LogP contribution in [0.3, 0.4) is 0 Å². The molecule has 19 heavy (non-hydrogen) atoms. The van der Waals surface area contributed by atoms with Crippen molar-refractivity contribution in [1.82, 2.24) is 0 Å². The van der Waals surface area contributed by atoms with Crippen molar-refractivity contribution in [3.05, 3.63) is 34.6 Å². The largest absolute Gasteiger partial charge is 0.299 e. The molecule has 1 atom stereocenters. The molecule has 0 heterocycles. The molecule has 0 aliphatic carbocycles. The second kappa shape index (κ2) is 6.51. The molecule has 0 fully saturated rings. The van der Waals surface area contributed by atoms with Crippen LogP contribution in [0.1, 0.15) is 46.1 Å². The van der Waals surface area contributed by atoms with Gasteiger partial charge >= 0.3 is 0 Å². The highest BCUT2D eigenvalue weighted by atomic mass is 35.5. The van der Waals surface area contributed by atoms with Crippen molar-refractivity contribution < 1.29 is 9.18 Å². The summed E-state index contributed by atoms with van der Waals surface area (Å²) in [6.45, 7) is 8.57. The molecule has 0 amide bonds. The number of halogens is 2. The maximum atomic E-state index is 13.3. The predicted molar refractivity (Wildman–Crippen MR) is 78.0 cm³/mol. The lowest BCUT2D eigenvalue weighted by atomic mass is 9.83. The van der Waals surface area contributed by atoms with Crippen molar-refractivity contribution in [2.75, 3.05) is 0 Å². The zero-order chi connectivity index (χ0) is 14.6. The quantitative estimate of drug-likeness (QED) is 0.739. The maximum Gasteiger partial charge on any atom is 0.142 e. The van der Waals surface area contributed by atoms with E-state index in [1.54, 1.807) is 12.1 Å². The lowest BCUT2D eigenvalue weighted by Crippen LogP contribution is -2.15. The minimum atomic E-state index is -0.463. The highest BCUT2D eigenvalue weighted by molar-refractivity contribution is 6.31. The van der Waals surface area contributed by atoms with E-state index >= 15 is 0 Å². The van der Waals surface area contributed by atoms with E-state index in [0.29, 0.717) is 17.9 Å². The third-order valence-corrected chi connectivity index (χ3v) is 3.38. The van der Waals surface area contributed by atoms with Crippen LogP contribution in [0.4, 0.5) is 4.39 Å². The second-order valence-corrected chi connectivity index (χ2v) is 6.88. The first-order valence-electron chi connectivity index (χ1n) is 6.63. The van der Waals surface area contributed by atoms with E-state index in [0.717, 1.165) is 6.42 Å². The van der Waals surface area contributed by atoms with Gasteiger partial charge in [-0.3, -0.25) is 4.79 Å². The molecule has 1 rings (SSSR count). The molecule has 0 saturated heterocycles. The molecule has 0 bridgehead atoms. The van der Waals surface area contributed by atoms with Crippen molar-refractivity contribution in [2.24, 2.45) is 11.3 Å². The molecule has 106 valence electrons. The van der Waals surface area contributed by atoms with Crippen molar-refractivity contribution in [3.8, 4) is 0 Å². The Labute approximate surface area is 120 Å². The van der Waals surface area contributed by atoms with Crippen LogP contribution in [0.5, 0.6) is 0 Å². The lowest BCUT2D eigenvalue weighted by Gasteiger charge is -2.22. The fourth-order valence-electron chi connectivity index (χ4n) is 2.48. The summed E-state index contributed by atoms with van der Waals surface area (Å²) in [5.41, 5.74) is 0.797. The van der Waals surface area contributed by atoms with Crippen LogP contribution in [-0.2, 0) is 11.2 Å². The van der Waals surface area contributed by atoms with E-state index in [1.807, 2.05) is 0 Å². The third-order valence-electron chi connectivity index (χ3n) is 2.96. The zero-order valence-corrected chi connectivity index (χ0v) is 12.9. The Morgan fingerprint density at radius 3 is 2.58 bits per heavy atom. The van der Waals surface area contributed by atoms with Gasteiger partial charge in [0.1, 0.15) is 11.6 Å². The van der Waals surface area contributed by atoms with Gasteiger partial charge in [-0.05, 0) is 29.4 Å². The first-order chi connectivity index (χ1) is 8.69. The third kappa shape index (κ3) is 5.73. The summed E-state index contributed by atoms with van der Waals surface area (Å²) in [5.74, 6) is -0.0150. The van der Waals surface area contributed by atoms with Crippen LogP contribution in [0.2, 0.25) is 5.02 Å². The van der Waals surface area contributed by atoms with Gasteiger partial charge in [0, 0.05) is 12.8 Å². The molecule has 1 nitrogen and oxygen atoms in total. The normalized spacial score (nSPS) is 13.4. The van der Waals surface area contributed by atoms with Crippen LogP contribution >= 0.6 is 11.6 Å². The number of hydrogen-bond donors (Lipinski definition) is 0. The van der Waals surface area contributed by atoms with E-state index in [-0.39, 0.29) is 22.6 Å². The van der Waals surface area contributed by atoms with E-state index in [1.165, 1.54) is 6.07 Å². The van der Waals surface area contributed by atoms with E-state index in [2.05, 4.69) is 27.7 Å². The lowest BCUT2D eigenvalue weighted by molar-refractivity contribution is -0.119. The number of ketones is 1. The number of carbonyl (C=O) groups excluding carboxylic acids is 1. The van der Waals surface area contributed by atoms with E-state index < -0.39 is 5.82 Å². The van der Waals surface area contributed by atoms with Gasteiger partial charge in [-0.1, -0.05) is 51.4 Å². The molecule has 0 aliphatic rings. The molecule has 0 radical (unpaired) electrons. The Morgan fingerprint density at radius 2 is 2.00 bits per heavy atom. The van der Waals surface area contributed by atoms with Gasteiger partial charge in [-0.2, -0.15) is 0 Å². The monoisotopic (exact) mass is 284 g/mol. The van der Waals surface area contributed by atoms with Crippen LogP contribution in [0, 0.1) is 17.2 Å². The SMILES string of the molecule is CC(CC(=O)Cc1cccc(F)c1Cl)CC(C)(C)C. The molecule has 1 aromatic carbocycles. The fraction of sp³-hybridized carbons (Fsp3) is 0.562. The summed E-state index contributed by atoms with van der Waals surface area (Å²) < 4.78 is 13.3. The Kier molecular flexibility index (Phi) is 5.54. The summed E-state index contributed by atoms with van der Waals surface area (Å²) in [4.78, 5) is 12.0. The summed E-state index contributed by atoms with van der Waals surface area (Å²) in [5, 5.41) is 0.0688. The minimum Gasteiger partial charge on any atom is -0.299 e. The number of rotatable bonds is 5. The van der Waals surface area contributed by atoms with Gasteiger partial charge in [-0.15, -0.1) is 0 Å². The Bertz CT molecular complexity index is 449. The van der Waals surface area contributed by atoms with Crippen molar-refractivity contribution in [3.63, 3.8) is 0 Å². The van der Waals surface area contributed by atoms with Crippen LogP contribution < -0.4 is 0 Å². The topological polar surface area (TPSA) is 17.1 Å². The first-order valence-corrected chi connectivity index (χ1v) is 7.01.